The molecule has 1 aliphatic rings. The van der Waals surface area contributed by atoms with Gasteiger partial charge in [0, 0.05) is 31.3 Å². The van der Waals surface area contributed by atoms with Gasteiger partial charge in [-0.2, -0.15) is 0 Å². The van der Waals surface area contributed by atoms with Gasteiger partial charge in [-0.1, -0.05) is 0 Å². The highest BCUT2D eigenvalue weighted by atomic mass is 35.5. The van der Waals surface area contributed by atoms with Crippen molar-refractivity contribution in [3.8, 4) is 0 Å². The van der Waals surface area contributed by atoms with E-state index < -0.39 is 0 Å². The number of nitrogens with one attached hydrogen (secondary N) is 2. The molecule has 5 nitrogen and oxygen atoms in total. The topological polar surface area (TPSA) is 61.4 Å². The number of anilines is 1. The first-order valence-corrected chi connectivity index (χ1v) is 6.97. The zero-order valence-electron chi connectivity index (χ0n) is 12.4. The predicted molar refractivity (Wildman–Crippen MR) is 86.3 cm³/mol. The largest absolute Gasteiger partial charge is 0.352 e. The number of carbonyl (C=O) groups excluding carboxylic acids is 2. The van der Waals surface area contributed by atoms with Crippen LogP contribution in [0, 0.1) is 0 Å². The van der Waals surface area contributed by atoms with E-state index in [4.69, 9.17) is 0 Å². The SMILES string of the molecule is CNCCCNC(=O)c1ccc2c(c1)CCN2C(C)=O.Cl. The zero-order valence-corrected chi connectivity index (χ0v) is 13.3. The number of nitrogens with zero attached hydrogens (tertiary/aromatic N) is 1. The van der Waals surface area contributed by atoms with Gasteiger partial charge >= 0.3 is 0 Å². The molecule has 116 valence electrons. The molecule has 1 aliphatic heterocycles. The smallest absolute Gasteiger partial charge is 0.251 e. The Labute approximate surface area is 131 Å². The third-order valence-electron chi connectivity index (χ3n) is 3.51. The summed E-state index contributed by atoms with van der Waals surface area (Å²) in [6.07, 6.45) is 1.72. The molecule has 0 aromatic heterocycles. The van der Waals surface area contributed by atoms with E-state index in [-0.39, 0.29) is 24.2 Å². The average Bonchev–Trinajstić information content (AvgIpc) is 2.86. The maximum atomic E-state index is 12.0. The van der Waals surface area contributed by atoms with Crippen molar-refractivity contribution in [1.82, 2.24) is 10.6 Å². The molecular weight excluding hydrogens is 290 g/mol. The number of carbonyl (C=O) groups is 2. The van der Waals surface area contributed by atoms with E-state index in [9.17, 15) is 9.59 Å². The lowest BCUT2D eigenvalue weighted by Crippen LogP contribution is -2.27. The first kappa shape index (κ1) is 17.5. The van der Waals surface area contributed by atoms with Crippen molar-refractivity contribution < 1.29 is 9.59 Å². The number of rotatable bonds is 5. The fraction of sp³-hybridized carbons (Fsp3) is 0.467. The molecule has 1 heterocycles. The van der Waals surface area contributed by atoms with Crippen molar-refractivity contribution in [1.29, 1.82) is 0 Å². The van der Waals surface area contributed by atoms with Crippen LogP contribution in [0.15, 0.2) is 18.2 Å². The van der Waals surface area contributed by atoms with Crippen LogP contribution in [0.25, 0.3) is 0 Å². The number of halogens is 1. The van der Waals surface area contributed by atoms with Gasteiger partial charge in [-0.25, -0.2) is 0 Å². The van der Waals surface area contributed by atoms with E-state index >= 15 is 0 Å². The molecule has 0 saturated heterocycles. The lowest BCUT2D eigenvalue weighted by molar-refractivity contribution is -0.116. The Kier molecular flexibility index (Phi) is 6.65. The second kappa shape index (κ2) is 8.00. The molecule has 0 saturated carbocycles. The number of fused-ring (bicyclic) bond motifs is 1. The molecule has 2 rings (SSSR count). The lowest BCUT2D eigenvalue weighted by Gasteiger charge is -2.14. The van der Waals surface area contributed by atoms with E-state index in [0.29, 0.717) is 18.7 Å². The highest BCUT2D eigenvalue weighted by molar-refractivity contribution is 5.97. The van der Waals surface area contributed by atoms with Crippen LogP contribution < -0.4 is 15.5 Å². The quantitative estimate of drug-likeness (QED) is 0.807. The van der Waals surface area contributed by atoms with Crippen molar-refractivity contribution in [2.24, 2.45) is 0 Å². The first-order valence-electron chi connectivity index (χ1n) is 6.97. The first-order chi connectivity index (χ1) is 9.63. The second-order valence-corrected chi connectivity index (χ2v) is 4.98. The van der Waals surface area contributed by atoms with E-state index in [0.717, 1.165) is 30.6 Å². The summed E-state index contributed by atoms with van der Waals surface area (Å²) in [6, 6.07) is 5.55. The second-order valence-electron chi connectivity index (χ2n) is 4.98. The van der Waals surface area contributed by atoms with Crippen molar-refractivity contribution >= 4 is 29.9 Å². The molecule has 0 atom stereocenters. The molecule has 6 heteroatoms. The van der Waals surface area contributed by atoms with Gasteiger partial charge < -0.3 is 15.5 Å². The average molecular weight is 312 g/mol. The molecule has 21 heavy (non-hydrogen) atoms. The number of hydrogen-bond donors (Lipinski definition) is 2. The predicted octanol–water partition coefficient (Wildman–Crippen LogP) is 1.36. The molecular formula is C15H22ClN3O2. The van der Waals surface area contributed by atoms with Gasteiger partial charge in [0.1, 0.15) is 0 Å². The minimum atomic E-state index is -0.0508. The highest BCUT2D eigenvalue weighted by Gasteiger charge is 2.22. The van der Waals surface area contributed by atoms with E-state index in [2.05, 4.69) is 10.6 Å². The molecule has 0 radical (unpaired) electrons. The molecule has 1 aromatic carbocycles. The molecule has 0 fully saturated rings. The summed E-state index contributed by atoms with van der Waals surface area (Å²) in [5.41, 5.74) is 2.67. The third-order valence-corrected chi connectivity index (χ3v) is 3.51. The summed E-state index contributed by atoms with van der Waals surface area (Å²) in [5.74, 6) is -0.00167. The van der Waals surface area contributed by atoms with Crippen LogP contribution in [0.1, 0.15) is 29.3 Å². The van der Waals surface area contributed by atoms with Crippen molar-refractivity contribution in [2.75, 3.05) is 31.6 Å². The maximum Gasteiger partial charge on any atom is 0.251 e. The fourth-order valence-corrected chi connectivity index (χ4v) is 2.44. The van der Waals surface area contributed by atoms with Crippen molar-refractivity contribution in [2.45, 2.75) is 19.8 Å². The van der Waals surface area contributed by atoms with Gasteiger partial charge in [0.15, 0.2) is 0 Å². The monoisotopic (exact) mass is 311 g/mol. The van der Waals surface area contributed by atoms with E-state index in [1.165, 1.54) is 0 Å². The Hall–Kier alpha value is -1.59. The van der Waals surface area contributed by atoms with Gasteiger partial charge in [0.25, 0.3) is 5.91 Å². The van der Waals surface area contributed by atoms with Crippen molar-refractivity contribution in [3.63, 3.8) is 0 Å². The molecule has 0 spiro atoms. The Bertz CT molecular complexity index is 520. The van der Waals surface area contributed by atoms with Gasteiger partial charge in [0.05, 0.1) is 0 Å². The fourth-order valence-electron chi connectivity index (χ4n) is 2.44. The van der Waals surface area contributed by atoms with Gasteiger partial charge in [-0.05, 0) is 50.2 Å². The van der Waals surface area contributed by atoms with Crippen LogP contribution in [-0.4, -0.2) is 38.5 Å². The standard InChI is InChI=1S/C15H21N3O2.ClH/c1-11(19)18-9-6-12-10-13(4-5-14(12)18)15(20)17-8-3-7-16-2;/h4-5,10,16H,3,6-9H2,1-2H3,(H,17,20);1H. The van der Waals surface area contributed by atoms with Crippen LogP contribution in [0.4, 0.5) is 5.69 Å². The van der Waals surface area contributed by atoms with Crippen molar-refractivity contribution in [3.05, 3.63) is 29.3 Å². The highest BCUT2D eigenvalue weighted by Crippen LogP contribution is 2.28. The van der Waals surface area contributed by atoms with Crippen LogP contribution in [-0.2, 0) is 11.2 Å². The van der Waals surface area contributed by atoms with Gasteiger partial charge in [0.2, 0.25) is 5.91 Å². The Morgan fingerprint density at radius 1 is 1.29 bits per heavy atom. The molecule has 0 aliphatic carbocycles. The van der Waals surface area contributed by atoms with Crippen LogP contribution in [0.5, 0.6) is 0 Å². The molecule has 2 amide bonds. The minimum Gasteiger partial charge on any atom is -0.352 e. The van der Waals surface area contributed by atoms with Gasteiger partial charge in [-0.15, -0.1) is 12.4 Å². The summed E-state index contributed by atoms with van der Waals surface area (Å²) in [4.78, 5) is 25.2. The molecule has 0 unspecified atom stereocenters. The zero-order chi connectivity index (χ0) is 14.5. The number of hydrogen-bond acceptors (Lipinski definition) is 3. The third kappa shape index (κ3) is 4.19. The van der Waals surface area contributed by atoms with E-state index in [1.54, 1.807) is 17.9 Å². The summed E-state index contributed by atoms with van der Waals surface area (Å²) in [5, 5.41) is 5.94. The summed E-state index contributed by atoms with van der Waals surface area (Å²) in [6.45, 7) is 3.82. The van der Waals surface area contributed by atoms with Gasteiger partial charge in [-0.3, -0.25) is 9.59 Å². The normalized spacial score (nSPS) is 12.6. The van der Waals surface area contributed by atoms with E-state index in [1.807, 2.05) is 19.2 Å². The van der Waals surface area contributed by atoms with Crippen LogP contribution in [0.3, 0.4) is 0 Å². The van der Waals surface area contributed by atoms with Crippen LogP contribution >= 0.6 is 12.4 Å². The Morgan fingerprint density at radius 3 is 2.71 bits per heavy atom. The molecule has 0 bridgehead atoms. The summed E-state index contributed by atoms with van der Waals surface area (Å²) in [7, 11) is 1.89. The number of benzene rings is 1. The molecule has 1 aromatic rings. The lowest BCUT2D eigenvalue weighted by atomic mass is 10.1. The summed E-state index contributed by atoms with van der Waals surface area (Å²) < 4.78 is 0. The maximum absolute atomic E-state index is 12.0. The Balaban J connectivity index is 0.00000220. The molecule has 2 N–H and O–H groups in total. The summed E-state index contributed by atoms with van der Waals surface area (Å²) >= 11 is 0. The van der Waals surface area contributed by atoms with Crippen LogP contribution in [0.2, 0.25) is 0 Å². The minimum absolute atomic E-state index is 0. The number of amides is 2. The Morgan fingerprint density at radius 2 is 2.05 bits per heavy atom.